The first-order valence-electron chi connectivity index (χ1n) is 20.8. The third kappa shape index (κ3) is 5.74. The van der Waals surface area contributed by atoms with Crippen LogP contribution in [0, 0.1) is 0 Å². The third-order valence-electron chi connectivity index (χ3n) is 12.2. The molecule has 0 atom stereocenters. The van der Waals surface area contributed by atoms with Gasteiger partial charge in [0.25, 0.3) is 0 Å². The lowest BCUT2D eigenvalue weighted by Gasteiger charge is -2.28. The molecule has 0 saturated carbocycles. The number of furan rings is 1. The molecule has 0 aliphatic carbocycles. The topological polar surface area (TPSA) is 21.3 Å². The van der Waals surface area contributed by atoms with Crippen molar-refractivity contribution in [3.63, 3.8) is 0 Å². The molecule has 0 saturated heterocycles. The Hall–Kier alpha value is -8.14. The number of hydrogen-bond acceptors (Lipinski definition) is 2. The first kappa shape index (κ1) is 34.9. The second kappa shape index (κ2) is 14.3. The van der Waals surface area contributed by atoms with Gasteiger partial charge in [0.15, 0.2) is 0 Å². The lowest BCUT2D eigenvalue weighted by atomic mass is 9.95. The summed E-state index contributed by atoms with van der Waals surface area (Å²) in [4.78, 5) is 2.40. The summed E-state index contributed by atoms with van der Waals surface area (Å²) in [6, 6.07) is 82.8. The fraction of sp³-hybridized carbons (Fsp3) is 0. The molecule has 10 aromatic carbocycles. The summed E-state index contributed by atoms with van der Waals surface area (Å²) in [6.07, 6.45) is 0. The van der Waals surface area contributed by atoms with E-state index in [1.54, 1.807) is 0 Å². The molecule has 12 aromatic rings. The number of fused-ring (bicyclic) bond motifs is 8. The quantitative estimate of drug-likeness (QED) is 0.161. The molecule has 3 nitrogen and oxygen atoms in total. The molecule has 0 aliphatic rings. The highest BCUT2D eigenvalue weighted by atomic mass is 16.3. The molecule has 61 heavy (non-hydrogen) atoms. The number of para-hydroxylation sites is 3. The molecular weight excluding hydrogens is 741 g/mol. The van der Waals surface area contributed by atoms with Gasteiger partial charge in [0, 0.05) is 49.6 Å². The van der Waals surface area contributed by atoms with Crippen LogP contribution in [0.25, 0.3) is 93.6 Å². The molecule has 286 valence electrons. The molecule has 2 heterocycles. The minimum Gasteiger partial charge on any atom is -0.455 e. The second-order valence-corrected chi connectivity index (χ2v) is 15.6. The smallest absolute Gasteiger partial charge is 0.143 e. The standard InChI is InChI=1S/C58H38N2O/c1-3-15-39(16-4-1)40-29-34-44(35-30-40)59(52-25-11-9-21-48(52)49-24-14-28-55-57(49)51-38-33-41-17-7-8-20-47(41)58(51)61-55)45-36-31-42(32-37-45)46-23-13-27-54-56(46)50-22-10-12-26-53(50)60(54)43-18-5-2-6-19-43/h1-38H. The van der Waals surface area contributed by atoms with Crippen LogP contribution in [0.5, 0.6) is 0 Å². The summed E-state index contributed by atoms with van der Waals surface area (Å²) >= 11 is 0. The van der Waals surface area contributed by atoms with Crippen molar-refractivity contribution in [2.24, 2.45) is 0 Å². The average molecular weight is 779 g/mol. The monoisotopic (exact) mass is 778 g/mol. The summed E-state index contributed by atoms with van der Waals surface area (Å²) in [5, 5.41) is 7.02. The Balaban J connectivity index is 1.03. The van der Waals surface area contributed by atoms with Gasteiger partial charge in [-0.1, -0.05) is 164 Å². The van der Waals surface area contributed by atoms with Crippen LogP contribution in [0.2, 0.25) is 0 Å². The van der Waals surface area contributed by atoms with Gasteiger partial charge in [-0.2, -0.15) is 0 Å². The highest BCUT2D eigenvalue weighted by Gasteiger charge is 2.22. The van der Waals surface area contributed by atoms with Gasteiger partial charge >= 0.3 is 0 Å². The lowest BCUT2D eigenvalue weighted by Crippen LogP contribution is -2.11. The van der Waals surface area contributed by atoms with Crippen molar-refractivity contribution >= 4 is 71.6 Å². The average Bonchev–Trinajstić information content (AvgIpc) is 3.90. The Morgan fingerprint density at radius 3 is 1.74 bits per heavy atom. The van der Waals surface area contributed by atoms with Gasteiger partial charge in [0.05, 0.1) is 16.7 Å². The van der Waals surface area contributed by atoms with Gasteiger partial charge in [0.2, 0.25) is 0 Å². The summed E-state index contributed by atoms with van der Waals surface area (Å²) in [5.74, 6) is 0. The van der Waals surface area contributed by atoms with Crippen molar-refractivity contribution in [2.45, 2.75) is 0 Å². The summed E-state index contributed by atoms with van der Waals surface area (Å²) in [5.41, 5.74) is 15.6. The van der Waals surface area contributed by atoms with Crippen LogP contribution >= 0.6 is 0 Å². The molecule has 0 fully saturated rings. The van der Waals surface area contributed by atoms with E-state index in [0.29, 0.717) is 0 Å². The lowest BCUT2D eigenvalue weighted by molar-refractivity contribution is 0.673. The van der Waals surface area contributed by atoms with Gasteiger partial charge in [0.1, 0.15) is 11.2 Å². The van der Waals surface area contributed by atoms with Gasteiger partial charge < -0.3 is 13.9 Å². The van der Waals surface area contributed by atoms with Crippen molar-refractivity contribution in [2.75, 3.05) is 4.90 Å². The van der Waals surface area contributed by atoms with E-state index in [0.717, 1.165) is 61.2 Å². The third-order valence-corrected chi connectivity index (χ3v) is 12.2. The van der Waals surface area contributed by atoms with Crippen molar-refractivity contribution in [1.29, 1.82) is 0 Å². The molecule has 0 radical (unpaired) electrons. The largest absolute Gasteiger partial charge is 0.455 e. The van der Waals surface area contributed by atoms with Gasteiger partial charge in [-0.15, -0.1) is 0 Å². The molecule has 0 bridgehead atoms. The van der Waals surface area contributed by atoms with Gasteiger partial charge in [-0.25, -0.2) is 0 Å². The van der Waals surface area contributed by atoms with Crippen LogP contribution in [0.15, 0.2) is 235 Å². The maximum Gasteiger partial charge on any atom is 0.143 e. The first-order valence-corrected chi connectivity index (χ1v) is 20.8. The second-order valence-electron chi connectivity index (χ2n) is 15.6. The van der Waals surface area contributed by atoms with Crippen LogP contribution in [-0.4, -0.2) is 4.57 Å². The molecule has 0 spiro atoms. The Bertz CT molecular complexity index is 3560. The van der Waals surface area contributed by atoms with E-state index < -0.39 is 0 Å². The van der Waals surface area contributed by atoms with Gasteiger partial charge in [-0.05, 0) is 99.9 Å². The molecule has 0 N–H and O–H groups in total. The normalized spacial score (nSPS) is 11.6. The molecule has 2 aromatic heterocycles. The highest BCUT2D eigenvalue weighted by molar-refractivity contribution is 6.20. The fourth-order valence-electron chi connectivity index (χ4n) is 9.44. The SMILES string of the molecule is c1ccc(-c2ccc(N(c3ccc(-c4cccc5c4c4ccccc4n5-c4ccccc4)cc3)c3ccccc3-c3cccc4oc5c6ccccc6ccc5c34)cc2)cc1. The maximum absolute atomic E-state index is 6.68. The van der Waals surface area contributed by atoms with Crippen molar-refractivity contribution in [1.82, 2.24) is 4.57 Å². The fourth-order valence-corrected chi connectivity index (χ4v) is 9.44. The number of benzene rings is 10. The number of nitrogens with zero attached hydrogens (tertiary/aromatic N) is 2. The first-order chi connectivity index (χ1) is 30.3. The minimum absolute atomic E-state index is 0.879. The van der Waals surface area contributed by atoms with Crippen molar-refractivity contribution in [3.8, 4) is 39.1 Å². The van der Waals surface area contributed by atoms with Crippen LogP contribution in [-0.2, 0) is 0 Å². The van der Waals surface area contributed by atoms with Crippen LogP contribution in [0.3, 0.4) is 0 Å². The predicted octanol–water partition coefficient (Wildman–Crippen LogP) is 16.3. The Labute approximate surface area is 353 Å². The highest BCUT2D eigenvalue weighted by Crippen LogP contribution is 2.46. The number of rotatable bonds is 7. The molecule has 0 aliphatic heterocycles. The Kier molecular flexibility index (Phi) is 8.17. The summed E-state index contributed by atoms with van der Waals surface area (Å²) < 4.78 is 9.06. The Morgan fingerprint density at radius 2 is 0.934 bits per heavy atom. The van der Waals surface area contributed by atoms with E-state index in [9.17, 15) is 0 Å². The van der Waals surface area contributed by atoms with Crippen LogP contribution in [0.4, 0.5) is 17.1 Å². The van der Waals surface area contributed by atoms with E-state index in [2.05, 4.69) is 240 Å². The summed E-state index contributed by atoms with van der Waals surface area (Å²) in [7, 11) is 0. The van der Waals surface area contributed by atoms with Crippen molar-refractivity contribution < 1.29 is 4.42 Å². The van der Waals surface area contributed by atoms with E-state index in [-0.39, 0.29) is 0 Å². The van der Waals surface area contributed by atoms with Crippen LogP contribution < -0.4 is 4.90 Å². The van der Waals surface area contributed by atoms with E-state index in [4.69, 9.17) is 4.42 Å². The number of anilines is 3. The van der Waals surface area contributed by atoms with E-state index >= 15 is 0 Å². The van der Waals surface area contributed by atoms with Crippen LogP contribution in [0.1, 0.15) is 0 Å². The molecular formula is C58H38N2O. The maximum atomic E-state index is 6.68. The molecule has 0 amide bonds. The molecule has 3 heteroatoms. The molecule has 0 unspecified atom stereocenters. The van der Waals surface area contributed by atoms with Gasteiger partial charge in [-0.3, -0.25) is 0 Å². The number of aromatic nitrogens is 1. The van der Waals surface area contributed by atoms with E-state index in [1.165, 1.54) is 49.4 Å². The summed E-state index contributed by atoms with van der Waals surface area (Å²) in [6.45, 7) is 0. The van der Waals surface area contributed by atoms with Crippen molar-refractivity contribution in [3.05, 3.63) is 231 Å². The zero-order valence-corrected chi connectivity index (χ0v) is 33.2. The predicted molar refractivity (Wildman–Crippen MR) is 257 cm³/mol. The zero-order chi connectivity index (χ0) is 40.3. The van der Waals surface area contributed by atoms with E-state index in [1.807, 2.05) is 0 Å². The molecule has 12 rings (SSSR count). The zero-order valence-electron chi connectivity index (χ0n) is 33.2. The number of hydrogen-bond donors (Lipinski definition) is 0. The minimum atomic E-state index is 0.879. The Morgan fingerprint density at radius 1 is 0.344 bits per heavy atom.